The number of aromatic hydroxyl groups is 1. The molecular weight excluding hydrogens is 512 g/mol. The predicted molar refractivity (Wildman–Crippen MR) is 140 cm³/mol. The Labute approximate surface area is 225 Å². The summed E-state index contributed by atoms with van der Waals surface area (Å²) in [7, 11) is 0. The molecule has 4 amide bonds. The summed E-state index contributed by atoms with van der Waals surface area (Å²) >= 11 is 0. The first kappa shape index (κ1) is 30.8. The molecule has 11 N–H and O–H groups in total. The number of amides is 4. The molecule has 3 unspecified atom stereocenters. The van der Waals surface area contributed by atoms with E-state index in [1.165, 1.54) is 17.0 Å². The van der Waals surface area contributed by atoms with Crippen molar-refractivity contribution in [1.82, 2.24) is 20.9 Å². The highest BCUT2D eigenvalue weighted by molar-refractivity contribution is 5.94. The molecule has 1 aromatic rings. The van der Waals surface area contributed by atoms with Gasteiger partial charge in [-0.1, -0.05) is 12.1 Å². The molecule has 1 saturated heterocycles. The van der Waals surface area contributed by atoms with Crippen LogP contribution in [0.5, 0.6) is 5.75 Å². The Kier molecular flexibility index (Phi) is 11.9. The van der Waals surface area contributed by atoms with Crippen LogP contribution in [0.25, 0.3) is 0 Å². The number of rotatable bonds is 14. The highest BCUT2D eigenvalue weighted by Crippen LogP contribution is 2.17. The van der Waals surface area contributed by atoms with E-state index in [0.717, 1.165) is 0 Å². The molecule has 0 saturated carbocycles. The maximum atomic E-state index is 12.9. The number of phenolic OH excluding ortho intramolecular Hbond substituents is 1. The molecule has 3 atom stereocenters. The van der Waals surface area contributed by atoms with E-state index in [1.807, 2.05) is 0 Å². The van der Waals surface area contributed by atoms with Crippen molar-refractivity contribution >= 4 is 35.6 Å². The van der Waals surface area contributed by atoms with E-state index in [-0.39, 0.29) is 37.6 Å². The van der Waals surface area contributed by atoms with Gasteiger partial charge in [0.05, 0.1) is 12.6 Å². The number of nitrogens with one attached hydrogen (secondary N) is 3. The maximum absolute atomic E-state index is 12.9. The summed E-state index contributed by atoms with van der Waals surface area (Å²) in [6.07, 6.45) is 1.57. The van der Waals surface area contributed by atoms with Crippen molar-refractivity contribution in [3.05, 3.63) is 29.8 Å². The van der Waals surface area contributed by atoms with Gasteiger partial charge in [-0.05, 0) is 49.8 Å². The first-order chi connectivity index (χ1) is 18.5. The van der Waals surface area contributed by atoms with Crippen molar-refractivity contribution < 1.29 is 34.2 Å². The van der Waals surface area contributed by atoms with Gasteiger partial charge in [-0.25, -0.2) is 0 Å². The van der Waals surface area contributed by atoms with Crippen LogP contribution in [0, 0.1) is 0 Å². The Hall–Kier alpha value is -4.40. The van der Waals surface area contributed by atoms with Gasteiger partial charge in [0.15, 0.2) is 5.96 Å². The standard InChI is InChI=1S/C24H36N8O7/c25-16(11-14-5-7-15(33)8-6-14)21(37)31-17(3-1-9-28-24(26)27)22(38)29-12-19(34)32-10-2-4-18(32)23(39)30-13-20(35)36/h5-8,16-18,33H,1-4,9-13,25H2,(H,29,38)(H,30,39)(H,31,37)(H,35,36)(H4,26,27,28). The molecule has 214 valence electrons. The number of likely N-dealkylation sites (tertiary alicyclic amines) is 1. The minimum absolute atomic E-state index is 0.0740. The second-order valence-corrected chi connectivity index (χ2v) is 9.06. The smallest absolute Gasteiger partial charge is 0.322 e. The zero-order valence-electron chi connectivity index (χ0n) is 21.5. The van der Waals surface area contributed by atoms with Crippen LogP contribution in [0.4, 0.5) is 0 Å². The van der Waals surface area contributed by atoms with E-state index >= 15 is 0 Å². The Morgan fingerprint density at radius 1 is 1.05 bits per heavy atom. The van der Waals surface area contributed by atoms with Gasteiger partial charge in [-0.15, -0.1) is 0 Å². The van der Waals surface area contributed by atoms with E-state index in [4.69, 9.17) is 22.3 Å². The average molecular weight is 549 g/mol. The second kappa shape index (κ2) is 15.1. The topological polar surface area (TPSA) is 256 Å². The third-order valence-corrected chi connectivity index (χ3v) is 6.01. The summed E-state index contributed by atoms with van der Waals surface area (Å²) in [4.78, 5) is 66.6. The van der Waals surface area contributed by atoms with E-state index in [1.54, 1.807) is 12.1 Å². The quantitative estimate of drug-likeness (QED) is 0.0668. The van der Waals surface area contributed by atoms with Crippen LogP contribution < -0.4 is 33.2 Å². The van der Waals surface area contributed by atoms with E-state index in [0.29, 0.717) is 24.8 Å². The largest absolute Gasteiger partial charge is 0.508 e. The number of carboxylic acid groups (broad SMARTS) is 1. The molecule has 0 spiro atoms. The molecule has 0 aromatic heterocycles. The van der Waals surface area contributed by atoms with Crippen LogP contribution in [-0.4, -0.2) is 95.0 Å². The molecule has 39 heavy (non-hydrogen) atoms. The molecule has 1 aromatic carbocycles. The van der Waals surface area contributed by atoms with E-state index < -0.39 is 60.8 Å². The van der Waals surface area contributed by atoms with Crippen LogP contribution >= 0.6 is 0 Å². The lowest BCUT2D eigenvalue weighted by Crippen LogP contribution is -2.54. The Bertz CT molecular complexity index is 1060. The molecular formula is C24H36N8O7. The number of hydrogen-bond acceptors (Lipinski definition) is 8. The highest BCUT2D eigenvalue weighted by Gasteiger charge is 2.34. The zero-order valence-corrected chi connectivity index (χ0v) is 21.5. The van der Waals surface area contributed by atoms with Crippen LogP contribution in [0.2, 0.25) is 0 Å². The fourth-order valence-electron chi connectivity index (χ4n) is 4.04. The number of carbonyl (C=O) groups is 5. The van der Waals surface area contributed by atoms with Crippen LogP contribution in [-0.2, 0) is 30.4 Å². The lowest BCUT2D eigenvalue weighted by Gasteiger charge is -2.25. The third-order valence-electron chi connectivity index (χ3n) is 6.01. The predicted octanol–water partition coefficient (Wildman–Crippen LogP) is -2.89. The minimum atomic E-state index is -1.21. The molecule has 15 heteroatoms. The second-order valence-electron chi connectivity index (χ2n) is 9.06. The highest BCUT2D eigenvalue weighted by atomic mass is 16.4. The van der Waals surface area contributed by atoms with Crippen molar-refractivity contribution in [2.45, 2.75) is 50.2 Å². The number of hydrogen-bond donors (Lipinski definition) is 8. The van der Waals surface area contributed by atoms with Gasteiger partial charge in [-0.3, -0.25) is 29.0 Å². The number of carbonyl (C=O) groups excluding carboxylic acids is 4. The summed E-state index contributed by atoms with van der Waals surface area (Å²) in [5.74, 6) is -3.58. The van der Waals surface area contributed by atoms with Gasteiger partial charge in [0.2, 0.25) is 23.6 Å². The first-order valence-corrected chi connectivity index (χ1v) is 12.4. The SMILES string of the molecule is NC(N)=NCCCC(NC(=O)C(N)Cc1ccc(O)cc1)C(=O)NCC(=O)N1CCCC1C(=O)NCC(=O)O. The molecule has 2 rings (SSSR count). The van der Waals surface area contributed by atoms with Crippen molar-refractivity contribution in [3.63, 3.8) is 0 Å². The van der Waals surface area contributed by atoms with Crippen molar-refractivity contribution in [1.29, 1.82) is 0 Å². The van der Waals surface area contributed by atoms with Crippen molar-refractivity contribution in [3.8, 4) is 5.75 Å². The third kappa shape index (κ3) is 10.5. The molecule has 15 nitrogen and oxygen atoms in total. The van der Waals surface area contributed by atoms with Gasteiger partial charge in [-0.2, -0.15) is 0 Å². The fourth-order valence-corrected chi connectivity index (χ4v) is 4.04. The van der Waals surface area contributed by atoms with Crippen molar-refractivity contribution in [2.75, 3.05) is 26.2 Å². The summed E-state index contributed by atoms with van der Waals surface area (Å²) in [6.45, 7) is -0.502. The number of guanidine groups is 1. The summed E-state index contributed by atoms with van der Waals surface area (Å²) < 4.78 is 0. The fraction of sp³-hybridized carbons (Fsp3) is 0.500. The van der Waals surface area contributed by atoms with E-state index in [2.05, 4.69) is 20.9 Å². The van der Waals surface area contributed by atoms with Gasteiger partial charge >= 0.3 is 5.97 Å². The Morgan fingerprint density at radius 2 is 1.74 bits per heavy atom. The van der Waals surface area contributed by atoms with Crippen molar-refractivity contribution in [2.24, 2.45) is 22.2 Å². The number of carboxylic acids is 1. The van der Waals surface area contributed by atoms with Gasteiger partial charge < -0.3 is 48.3 Å². The molecule has 0 aliphatic carbocycles. The number of nitrogens with two attached hydrogens (primary N) is 3. The number of aliphatic carboxylic acids is 1. The Balaban J connectivity index is 1.98. The van der Waals surface area contributed by atoms with Crippen LogP contribution in [0.1, 0.15) is 31.2 Å². The average Bonchev–Trinajstić information content (AvgIpc) is 3.38. The van der Waals surface area contributed by atoms with E-state index in [9.17, 15) is 29.1 Å². The lowest BCUT2D eigenvalue weighted by molar-refractivity contribution is -0.141. The number of benzene rings is 1. The molecule has 0 radical (unpaired) electrons. The molecule has 1 aliphatic heterocycles. The van der Waals surface area contributed by atoms with Gasteiger partial charge in [0, 0.05) is 13.1 Å². The zero-order chi connectivity index (χ0) is 28.9. The first-order valence-electron chi connectivity index (χ1n) is 12.4. The summed E-state index contributed by atoms with van der Waals surface area (Å²) in [6, 6.07) is 3.33. The number of aliphatic imine (C=N–C) groups is 1. The Morgan fingerprint density at radius 3 is 2.38 bits per heavy atom. The molecule has 0 bridgehead atoms. The van der Waals surface area contributed by atoms with Gasteiger partial charge in [0.1, 0.15) is 24.4 Å². The molecule has 1 fully saturated rings. The number of nitrogens with zero attached hydrogens (tertiary/aromatic N) is 2. The maximum Gasteiger partial charge on any atom is 0.322 e. The minimum Gasteiger partial charge on any atom is -0.508 e. The summed E-state index contributed by atoms with van der Waals surface area (Å²) in [5, 5.41) is 25.5. The normalized spacial score (nSPS) is 16.0. The van der Waals surface area contributed by atoms with Gasteiger partial charge in [0.25, 0.3) is 0 Å². The van der Waals surface area contributed by atoms with Crippen LogP contribution in [0.15, 0.2) is 29.3 Å². The molecule has 1 heterocycles. The molecule has 1 aliphatic rings. The lowest BCUT2D eigenvalue weighted by atomic mass is 10.0. The monoisotopic (exact) mass is 548 g/mol. The summed E-state index contributed by atoms with van der Waals surface area (Å²) in [5.41, 5.74) is 17.4. The van der Waals surface area contributed by atoms with Crippen LogP contribution in [0.3, 0.4) is 0 Å². The number of phenols is 1.